The number of sulfonamides is 1. The molecule has 3 aromatic rings. The molecule has 1 aliphatic rings. The van der Waals surface area contributed by atoms with Crippen LogP contribution in [-0.4, -0.2) is 43.8 Å². The van der Waals surface area contributed by atoms with Crippen molar-refractivity contribution in [2.45, 2.75) is 63.1 Å². The standard InChI is InChI=1S/C30H34ClN3O4S/c1-22-10-8-11-24(18-22)20-33(23(2)30(36)32-26-13-6-7-14-26)29(35)21-34(27-15-9-12-25(31)19-27)39(37,38)28-16-4-3-5-17-28/h3-5,8-12,15-19,23,26H,6-7,13-14,20-21H2,1-2H3,(H,32,36)/t23-/m0/s1. The molecule has 2 amide bonds. The Labute approximate surface area is 235 Å². The van der Waals surface area contributed by atoms with Crippen LogP contribution >= 0.6 is 11.6 Å². The highest BCUT2D eigenvalue weighted by Crippen LogP contribution is 2.27. The molecule has 1 saturated carbocycles. The number of carbonyl (C=O) groups excluding carboxylic acids is 2. The number of rotatable bonds is 10. The van der Waals surface area contributed by atoms with Crippen LogP contribution in [0.15, 0.2) is 83.8 Å². The van der Waals surface area contributed by atoms with Crippen molar-refractivity contribution in [2.24, 2.45) is 0 Å². The van der Waals surface area contributed by atoms with E-state index in [-0.39, 0.29) is 29.1 Å². The van der Waals surface area contributed by atoms with Gasteiger partial charge in [-0.15, -0.1) is 0 Å². The molecule has 1 aliphatic carbocycles. The normalized spacial score (nSPS) is 14.5. The molecule has 7 nitrogen and oxygen atoms in total. The number of benzene rings is 3. The number of amides is 2. The van der Waals surface area contributed by atoms with Crippen molar-refractivity contribution in [1.82, 2.24) is 10.2 Å². The molecule has 9 heteroatoms. The van der Waals surface area contributed by atoms with Gasteiger partial charge in [0, 0.05) is 17.6 Å². The van der Waals surface area contributed by atoms with Crippen LogP contribution in [-0.2, 0) is 26.2 Å². The Morgan fingerprint density at radius 2 is 1.67 bits per heavy atom. The number of anilines is 1. The van der Waals surface area contributed by atoms with Gasteiger partial charge >= 0.3 is 0 Å². The zero-order valence-corrected chi connectivity index (χ0v) is 23.8. The lowest BCUT2D eigenvalue weighted by Crippen LogP contribution is -2.52. The van der Waals surface area contributed by atoms with Crippen LogP contribution in [0.5, 0.6) is 0 Å². The Morgan fingerprint density at radius 3 is 2.33 bits per heavy atom. The first kappa shape index (κ1) is 28.6. The van der Waals surface area contributed by atoms with Crippen molar-refractivity contribution in [1.29, 1.82) is 0 Å². The maximum absolute atomic E-state index is 14.0. The molecule has 0 bridgehead atoms. The fourth-order valence-electron chi connectivity index (χ4n) is 4.86. The van der Waals surface area contributed by atoms with Gasteiger partial charge in [0.15, 0.2) is 0 Å². The van der Waals surface area contributed by atoms with E-state index in [2.05, 4.69) is 5.32 Å². The third-order valence-electron chi connectivity index (χ3n) is 7.01. The third kappa shape index (κ3) is 7.19. The van der Waals surface area contributed by atoms with E-state index in [1.807, 2.05) is 31.2 Å². The van der Waals surface area contributed by atoms with Gasteiger partial charge in [0.1, 0.15) is 12.6 Å². The van der Waals surface area contributed by atoms with Gasteiger partial charge in [-0.05, 0) is 62.6 Å². The first-order chi connectivity index (χ1) is 18.6. The van der Waals surface area contributed by atoms with Crippen molar-refractivity contribution in [3.05, 3.63) is 95.0 Å². The summed E-state index contributed by atoms with van der Waals surface area (Å²) in [5, 5.41) is 3.42. The van der Waals surface area contributed by atoms with Crippen LogP contribution in [0.2, 0.25) is 5.02 Å². The van der Waals surface area contributed by atoms with Gasteiger partial charge in [-0.1, -0.05) is 78.5 Å². The fraction of sp³-hybridized carbons (Fsp3) is 0.333. The Bertz CT molecular complexity index is 1410. The van der Waals surface area contributed by atoms with Crippen molar-refractivity contribution < 1.29 is 18.0 Å². The van der Waals surface area contributed by atoms with E-state index in [1.165, 1.54) is 23.1 Å². The highest BCUT2D eigenvalue weighted by molar-refractivity contribution is 7.92. The van der Waals surface area contributed by atoms with Gasteiger partial charge in [-0.25, -0.2) is 8.42 Å². The van der Waals surface area contributed by atoms with Crippen LogP contribution in [0.4, 0.5) is 5.69 Å². The van der Waals surface area contributed by atoms with E-state index < -0.39 is 28.5 Å². The Balaban J connectivity index is 1.68. The Morgan fingerprint density at radius 1 is 0.974 bits per heavy atom. The van der Waals surface area contributed by atoms with Gasteiger partial charge in [0.05, 0.1) is 10.6 Å². The molecule has 4 rings (SSSR count). The van der Waals surface area contributed by atoms with Crippen molar-refractivity contribution in [2.75, 3.05) is 10.8 Å². The molecule has 0 spiro atoms. The number of hydrogen-bond acceptors (Lipinski definition) is 4. The summed E-state index contributed by atoms with van der Waals surface area (Å²) in [7, 11) is -4.12. The zero-order chi connectivity index (χ0) is 28.0. The molecule has 1 fully saturated rings. The molecule has 0 saturated heterocycles. The molecule has 206 valence electrons. The predicted octanol–water partition coefficient (Wildman–Crippen LogP) is 5.32. The third-order valence-corrected chi connectivity index (χ3v) is 9.03. The molecule has 0 radical (unpaired) electrons. The Kier molecular flexibility index (Phi) is 9.30. The van der Waals surface area contributed by atoms with Crippen molar-refractivity contribution >= 4 is 39.1 Å². The van der Waals surface area contributed by atoms with Crippen LogP contribution < -0.4 is 9.62 Å². The molecular weight excluding hydrogens is 534 g/mol. The molecular formula is C30H34ClN3O4S. The number of carbonyl (C=O) groups is 2. The second kappa shape index (κ2) is 12.7. The number of aryl methyl sites for hydroxylation is 1. The zero-order valence-electron chi connectivity index (χ0n) is 22.2. The van der Waals surface area contributed by atoms with E-state index >= 15 is 0 Å². The van der Waals surface area contributed by atoms with E-state index in [9.17, 15) is 18.0 Å². The predicted molar refractivity (Wildman–Crippen MR) is 154 cm³/mol. The van der Waals surface area contributed by atoms with Gasteiger partial charge in [0.25, 0.3) is 10.0 Å². The fourth-order valence-corrected chi connectivity index (χ4v) is 6.47. The highest BCUT2D eigenvalue weighted by atomic mass is 35.5. The second-order valence-electron chi connectivity index (χ2n) is 9.98. The lowest BCUT2D eigenvalue weighted by Gasteiger charge is -2.32. The molecule has 3 aromatic carbocycles. The van der Waals surface area contributed by atoms with Gasteiger partial charge in [0.2, 0.25) is 11.8 Å². The summed E-state index contributed by atoms with van der Waals surface area (Å²) in [5.74, 6) is -0.742. The quantitative estimate of drug-likeness (QED) is 0.359. The summed E-state index contributed by atoms with van der Waals surface area (Å²) < 4.78 is 28.6. The van der Waals surface area contributed by atoms with Gasteiger partial charge in [-0.3, -0.25) is 13.9 Å². The first-order valence-corrected chi connectivity index (χ1v) is 15.0. The van der Waals surface area contributed by atoms with Gasteiger partial charge < -0.3 is 10.2 Å². The van der Waals surface area contributed by atoms with Crippen LogP contribution in [0.25, 0.3) is 0 Å². The lowest BCUT2D eigenvalue weighted by atomic mass is 10.1. The minimum atomic E-state index is -4.12. The van der Waals surface area contributed by atoms with E-state index in [1.54, 1.807) is 43.3 Å². The summed E-state index contributed by atoms with van der Waals surface area (Å²) >= 11 is 6.21. The molecule has 39 heavy (non-hydrogen) atoms. The maximum Gasteiger partial charge on any atom is 0.264 e. The average Bonchev–Trinajstić information content (AvgIpc) is 3.43. The summed E-state index contributed by atoms with van der Waals surface area (Å²) in [4.78, 5) is 28.7. The minimum absolute atomic E-state index is 0.0510. The SMILES string of the molecule is Cc1cccc(CN(C(=O)CN(c2cccc(Cl)c2)S(=O)(=O)c2ccccc2)[C@@H](C)C(=O)NC2CCCC2)c1. The monoisotopic (exact) mass is 567 g/mol. The van der Waals surface area contributed by atoms with Gasteiger partial charge in [-0.2, -0.15) is 0 Å². The van der Waals surface area contributed by atoms with E-state index in [4.69, 9.17) is 11.6 Å². The molecule has 0 aliphatic heterocycles. The molecule has 1 atom stereocenters. The second-order valence-corrected chi connectivity index (χ2v) is 12.3. The van der Waals surface area contributed by atoms with Crippen molar-refractivity contribution in [3.63, 3.8) is 0 Å². The molecule has 0 aromatic heterocycles. The lowest BCUT2D eigenvalue weighted by molar-refractivity contribution is -0.139. The number of hydrogen-bond donors (Lipinski definition) is 1. The van der Waals surface area contributed by atoms with Crippen molar-refractivity contribution in [3.8, 4) is 0 Å². The van der Waals surface area contributed by atoms with Crippen LogP contribution in [0, 0.1) is 6.92 Å². The summed E-state index contributed by atoms with van der Waals surface area (Å²) in [6.45, 7) is 3.31. The van der Waals surface area contributed by atoms with E-state index in [0.29, 0.717) is 5.02 Å². The smallest absolute Gasteiger partial charge is 0.264 e. The largest absolute Gasteiger partial charge is 0.352 e. The molecule has 0 unspecified atom stereocenters. The Hall–Kier alpha value is -3.36. The number of nitrogens with zero attached hydrogens (tertiary/aromatic N) is 2. The van der Waals surface area contributed by atoms with E-state index in [0.717, 1.165) is 41.1 Å². The molecule has 0 heterocycles. The molecule has 1 N–H and O–H groups in total. The summed E-state index contributed by atoms with van der Waals surface area (Å²) in [5.41, 5.74) is 2.14. The van der Waals surface area contributed by atoms with Crippen LogP contribution in [0.1, 0.15) is 43.7 Å². The summed E-state index contributed by atoms with van der Waals surface area (Å²) in [6.07, 6.45) is 3.97. The average molecular weight is 568 g/mol. The number of nitrogens with one attached hydrogen (secondary N) is 1. The van der Waals surface area contributed by atoms with Crippen LogP contribution in [0.3, 0.4) is 0 Å². The number of halogens is 1. The maximum atomic E-state index is 14.0. The summed E-state index contributed by atoms with van der Waals surface area (Å²) in [6, 6.07) is 21.3. The first-order valence-electron chi connectivity index (χ1n) is 13.1. The minimum Gasteiger partial charge on any atom is -0.352 e. The topological polar surface area (TPSA) is 86.8 Å². The highest BCUT2D eigenvalue weighted by Gasteiger charge is 2.33.